The Morgan fingerprint density at radius 3 is 2.36 bits per heavy atom. The van der Waals surface area contributed by atoms with Gasteiger partial charge in [0.1, 0.15) is 5.69 Å². The van der Waals surface area contributed by atoms with E-state index in [2.05, 4.69) is 5.10 Å². The molecule has 0 unspecified atom stereocenters. The summed E-state index contributed by atoms with van der Waals surface area (Å²) in [7, 11) is 0. The van der Waals surface area contributed by atoms with Gasteiger partial charge in [-0.05, 0) is 24.6 Å². The van der Waals surface area contributed by atoms with Gasteiger partial charge in [0.2, 0.25) is 0 Å². The zero-order valence-electron chi connectivity index (χ0n) is 7.54. The summed E-state index contributed by atoms with van der Waals surface area (Å²) in [5.41, 5.74) is 0.716. The summed E-state index contributed by atoms with van der Waals surface area (Å²) in [6, 6.07) is 3.73. The highest BCUT2D eigenvalue weighted by molar-refractivity contribution is 5.34. The highest BCUT2D eigenvalue weighted by Gasteiger charge is 2.10. The molecule has 0 aliphatic carbocycles. The molecule has 1 aromatic carbocycles. The van der Waals surface area contributed by atoms with Crippen LogP contribution < -0.4 is 0 Å². The minimum atomic E-state index is -0.617. The second-order valence-electron chi connectivity index (χ2n) is 3.03. The lowest BCUT2D eigenvalue weighted by atomic mass is 10.3. The van der Waals surface area contributed by atoms with Crippen molar-refractivity contribution in [2.75, 3.05) is 0 Å². The van der Waals surface area contributed by atoms with Crippen molar-refractivity contribution in [2.45, 2.75) is 6.92 Å². The topological polar surface area (TPSA) is 17.8 Å². The maximum absolute atomic E-state index is 13.2. The minimum Gasteiger partial charge on any atom is -0.235 e. The smallest absolute Gasteiger partial charge is 0.151 e. The van der Waals surface area contributed by atoms with Crippen molar-refractivity contribution in [3.05, 3.63) is 47.8 Å². The van der Waals surface area contributed by atoms with Gasteiger partial charge in [0.05, 0.1) is 6.20 Å². The Labute approximate surface area is 79.8 Å². The molecule has 0 fully saturated rings. The number of benzene rings is 1. The van der Waals surface area contributed by atoms with Crippen molar-refractivity contribution in [3.8, 4) is 5.69 Å². The third-order valence-electron chi connectivity index (χ3n) is 1.88. The summed E-state index contributed by atoms with van der Waals surface area (Å²) < 4.78 is 27.7. The summed E-state index contributed by atoms with van der Waals surface area (Å²) in [5.74, 6) is -1.23. The van der Waals surface area contributed by atoms with Crippen LogP contribution in [0.25, 0.3) is 5.69 Å². The zero-order chi connectivity index (χ0) is 10.1. The van der Waals surface area contributed by atoms with Crippen LogP contribution in [0.3, 0.4) is 0 Å². The van der Waals surface area contributed by atoms with Crippen molar-refractivity contribution < 1.29 is 8.78 Å². The predicted octanol–water partition coefficient (Wildman–Crippen LogP) is 2.46. The standard InChI is InChI=1S/C10H8F2N2/c1-7-5-13-14(6-7)10-8(11)3-2-4-9(10)12/h2-6H,1H3. The second kappa shape index (κ2) is 3.21. The van der Waals surface area contributed by atoms with Crippen LogP contribution in [-0.4, -0.2) is 9.78 Å². The third-order valence-corrected chi connectivity index (χ3v) is 1.88. The first kappa shape index (κ1) is 8.87. The lowest BCUT2D eigenvalue weighted by Crippen LogP contribution is -2.01. The molecule has 0 atom stereocenters. The van der Waals surface area contributed by atoms with Gasteiger partial charge in [-0.1, -0.05) is 6.07 Å². The Morgan fingerprint density at radius 1 is 1.21 bits per heavy atom. The third kappa shape index (κ3) is 1.39. The van der Waals surface area contributed by atoms with Gasteiger partial charge in [-0.2, -0.15) is 5.10 Å². The van der Waals surface area contributed by atoms with Crippen molar-refractivity contribution in [1.29, 1.82) is 0 Å². The summed E-state index contributed by atoms with van der Waals surface area (Å²) in [4.78, 5) is 0. The van der Waals surface area contributed by atoms with E-state index in [0.717, 1.165) is 5.56 Å². The SMILES string of the molecule is Cc1cnn(-c2c(F)cccc2F)c1. The van der Waals surface area contributed by atoms with Crippen LogP contribution >= 0.6 is 0 Å². The van der Waals surface area contributed by atoms with Crippen molar-refractivity contribution in [1.82, 2.24) is 9.78 Å². The molecule has 14 heavy (non-hydrogen) atoms. The highest BCUT2D eigenvalue weighted by Crippen LogP contribution is 2.16. The second-order valence-corrected chi connectivity index (χ2v) is 3.03. The molecule has 0 N–H and O–H groups in total. The van der Waals surface area contributed by atoms with Gasteiger partial charge in [0.25, 0.3) is 0 Å². The van der Waals surface area contributed by atoms with Gasteiger partial charge >= 0.3 is 0 Å². The first-order valence-corrected chi connectivity index (χ1v) is 4.14. The number of halogens is 2. The molecule has 0 radical (unpaired) electrons. The van der Waals surface area contributed by atoms with Crippen LogP contribution in [-0.2, 0) is 0 Å². The van der Waals surface area contributed by atoms with Crippen molar-refractivity contribution in [3.63, 3.8) is 0 Å². The number of para-hydroxylation sites is 1. The highest BCUT2D eigenvalue weighted by atomic mass is 19.1. The predicted molar refractivity (Wildman–Crippen MR) is 48.2 cm³/mol. The molecule has 1 heterocycles. The average Bonchev–Trinajstić information content (AvgIpc) is 2.51. The molecule has 2 aromatic rings. The number of aryl methyl sites for hydroxylation is 1. The zero-order valence-corrected chi connectivity index (χ0v) is 7.54. The fourth-order valence-corrected chi connectivity index (χ4v) is 1.24. The molecule has 2 nitrogen and oxygen atoms in total. The minimum absolute atomic E-state index is 0.138. The maximum Gasteiger partial charge on any atom is 0.151 e. The van der Waals surface area contributed by atoms with E-state index in [1.54, 1.807) is 12.4 Å². The van der Waals surface area contributed by atoms with E-state index in [4.69, 9.17) is 0 Å². The molecular weight excluding hydrogens is 186 g/mol. The summed E-state index contributed by atoms with van der Waals surface area (Å²) in [6.07, 6.45) is 3.12. The largest absolute Gasteiger partial charge is 0.235 e. The monoisotopic (exact) mass is 194 g/mol. The first-order valence-electron chi connectivity index (χ1n) is 4.14. The van der Waals surface area contributed by atoms with Crippen molar-refractivity contribution in [2.24, 2.45) is 0 Å². The molecule has 0 amide bonds. The van der Waals surface area contributed by atoms with E-state index >= 15 is 0 Å². The fraction of sp³-hybridized carbons (Fsp3) is 0.100. The number of aromatic nitrogens is 2. The summed E-state index contributed by atoms with van der Waals surface area (Å²) in [6.45, 7) is 1.81. The number of rotatable bonds is 1. The lowest BCUT2D eigenvalue weighted by Gasteiger charge is -2.03. The van der Waals surface area contributed by atoms with Crippen LogP contribution in [0.5, 0.6) is 0 Å². The Bertz CT molecular complexity index is 443. The average molecular weight is 194 g/mol. The normalized spacial score (nSPS) is 10.5. The molecule has 0 saturated heterocycles. The molecule has 1 aromatic heterocycles. The van der Waals surface area contributed by atoms with E-state index in [-0.39, 0.29) is 5.69 Å². The molecular formula is C10H8F2N2. The fourth-order valence-electron chi connectivity index (χ4n) is 1.24. The van der Waals surface area contributed by atoms with Crippen LogP contribution in [0, 0.1) is 18.6 Å². The summed E-state index contributed by atoms with van der Waals surface area (Å²) in [5, 5.41) is 3.84. The molecule has 0 saturated carbocycles. The van der Waals surface area contributed by atoms with Crippen LogP contribution in [0.15, 0.2) is 30.6 Å². The molecule has 4 heteroatoms. The van der Waals surface area contributed by atoms with Gasteiger partial charge in [0, 0.05) is 6.20 Å². The molecule has 0 aliphatic rings. The van der Waals surface area contributed by atoms with Crippen LogP contribution in [0.1, 0.15) is 5.56 Å². The number of hydrogen-bond donors (Lipinski definition) is 0. The molecule has 0 aliphatic heterocycles. The quantitative estimate of drug-likeness (QED) is 0.681. The van der Waals surface area contributed by atoms with Crippen LogP contribution in [0.4, 0.5) is 8.78 Å². The maximum atomic E-state index is 13.2. The van der Waals surface area contributed by atoms with Crippen LogP contribution in [0.2, 0.25) is 0 Å². The van der Waals surface area contributed by atoms with E-state index in [0.29, 0.717) is 0 Å². The van der Waals surface area contributed by atoms with Crippen molar-refractivity contribution >= 4 is 0 Å². The number of hydrogen-bond acceptors (Lipinski definition) is 1. The molecule has 0 bridgehead atoms. The first-order chi connectivity index (χ1) is 6.68. The van der Waals surface area contributed by atoms with Gasteiger partial charge in [-0.15, -0.1) is 0 Å². The van der Waals surface area contributed by atoms with Gasteiger partial charge < -0.3 is 0 Å². The summed E-state index contributed by atoms with van der Waals surface area (Å²) >= 11 is 0. The molecule has 72 valence electrons. The number of nitrogens with zero attached hydrogens (tertiary/aromatic N) is 2. The van der Waals surface area contributed by atoms with Gasteiger partial charge in [0.15, 0.2) is 11.6 Å². The van der Waals surface area contributed by atoms with E-state index in [1.807, 2.05) is 6.92 Å². The Balaban J connectivity index is 2.61. The Hall–Kier alpha value is -1.71. The van der Waals surface area contributed by atoms with E-state index < -0.39 is 11.6 Å². The molecule has 2 rings (SSSR count). The van der Waals surface area contributed by atoms with Gasteiger partial charge in [-0.25, -0.2) is 13.5 Å². The van der Waals surface area contributed by atoms with E-state index in [1.165, 1.54) is 22.9 Å². The molecule has 0 spiro atoms. The lowest BCUT2D eigenvalue weighted by molar-refractivity contribution is 0.560. The van der Waals surface area contributed by atoms with E-state index in [9.17, 15) is 8.78 Å². The Morgan fingerprint density at radius 2 is 1.86 bits per heavy atom. The van der Waals surface area contributed by atoms with Gasteiger partial charge in [-0.3, -0.25) is 0 Å². The Kier molecular flexibility index (Phi) is 2.04.